The van der Waals surface area contributed by atoms with E-state index >= 15 is 0 Å². The van der Waals surface area contributed by atoms with Crippen LogP contribution in [0.2, 0.25) is 0 Å². The molecule has 1 aromatic heterocycles. The fourth-order valence-corrected chi connectivity index (χ4v) is 1.26. The minimum Gasteiger partial charge on any atom is -0.385 e. The van der Waals surface area contributed by atoms with E-state index in [-0.39, 0.29) is 0 Å². The molecule has 14 heavy (non-hydrogen) atoms. The number of aromatic nitrogens is 3. The average molecular weight is 186 g/mol. The summed E-state index contributed by atoms with van der Waals surface area (Å²) in [6, 6.07) is 9.89. The van der Waals surface area contributed by atoms with Crippen LogP contribution in [-0.2, 0) is 0 Å². The predicted molar refractivity (Wildman–Crippen MR) is 54.8 cm³/mol. The Morgan fingerprint density at radius 2 is 1.93 bits per heavy atom. The molecule has 70 valence electrons. The van der Waals surface area contributed by atoms with Crippen molar-refractivity contribution in [2.45, 2.75) is 0 Å². The fourth-order valence-electron chi connectivity index (χ4n) is 1.26. The monoisotopic (exact) mass is 186 g/mol. The molecule has 4 nitrogen and oxygen atoms in total. The van der Waals surface area contributed by atoms with Gasteiger partial charge in [-0.3, -0.25) is 0 Å². The summed E-state index contributed by atoms with van der Waals surface area (Å²) in [5.74, 6) is 0. The second-order valence-electron chi connectivity index (χ2n) is 2.81. The summed E-state index contributed by atoms with van der Waals surface area (Å²) in [6.45, 7) is 0. The molecule has 0 spiro atoms. The van der Waals surface area contributed by atoms with E-state index in [1.54, 1.807) is 6.20 Å². The van der Waals surface area contributed by atoms with Gasteiger partial charge in [-0.2, -0.15) is 0 Å². The van der Waals surface area contributed by atoms with Crippen LogP contribution in [0.15, 0.2) is 36.5 Å². The lowest BCUT2D eigenvalue weighted by molar-refractivity contribution is 0.872. The highest BCUT2D eigenvalue weighted by atomic mass is 15.3. The zero-order chi connectivity index (χ0) is 9.80. The predicted octanol–water partition coefficient (Wildman–Crippen LogP) is 1.58. The normalized spacial score (nSPS) is 9.79. The van der Waals surface area contributed by atoms with Crippen LogP contribution in [0.3, 0.4) is 0 Å². The Kier molecular flexibility index (Phi) is 2.36. The number of hydrogen-bond acceptors (Lipinski definition) is 4. The first-order chi connectivity index (χ1) is 6.92. The Balaban J connectivity index is 2.51. The molecule has 0 aliphatic heterocycles. The van der Waals surface area contributed by atoms with Crippen LogP contribution in [0, 0.1) is 0 Å². The topological polar surface area (TPSA) is 50.7 Å². The molecule has 2 rings (SSSR count). The van der Waals surface area contributed by atoms with Crippen molar-refractivity contribution in [3.8, 4) is 11.3 Å². The van der Waals surface area contributed by atoms with E-state index in [9.17, 15) is 0 Å². The van der Waals surface area contributed by atoms with Crippen LogP contribution in [0.25, 0.3) is 11.3 Å². The molecule has 0 fully saturated rings. The molecular weight excluding hydrogens is 176 g/mol. The lowest BCUT2D eigenvalue weighted by Gasteiger charge is -2.04. The van der Waals surface area contributed by atoms with Gasteiger partial charge in [0, 0.05) is 12.6 Å². The highest BCUT2D eigenvalue weighted by Crippen LogP contribution is 2.22. The van der Waals surface area contributed by atoms with Crippen molar-refractivity contribution < 1.29 is 0 Å². The van der Waals surface area contributed by atoms with E-state index in [0.29, 0.717) is 0 Å². The van der Waals surface area contributed by atoms with E-state index in [1.165, 1.54) is 0 Å². The lowest BCUT2D eigenvalue weighted by atomic mass is 10.1. The summed E-state index contributed by atoms with van der Waals surface area (Å²) in [5, 5.41) is 14.4. The quantitative estimate of drug-likeness (QED) is 0.773. The van der Waals surface area contributed by atoms with E-state index in [1.807, 2.05) is 37.4 Å². The Morgan fingerprint density at radius 3 is 2.64 bits per heavy atom. The van der Waals surface area contributed by atoms with Crippen LogP contribution in [-0.4, -0.2) is 22.5 Å². The summed E-state index contributed by atoms with van der Waals surface area (Å²) in [4.78, 5) is 0. The third-order valence-electron chi connectivity index (χ3n) is 1.95. The summed E-state index contributed by atoms with van der Waals surface area (Å²) in [5.41, 5.74) is 2.74. The van der Waals surface area contributed by atoms with Gasteiger partial charge in [-0.15, -0.1) is 10.2 Å². The minimum atomic E-state index is 0.822. The Bertz CT molecular complexity index is 413. The van der Waals surface area contributed by atoms with Gasteiger partial charge < -0.3 is 5.32 Å². The van der Waals surface area contributed by atoms with Crippen LogP contribution < -0.4 is 5.32 Å². The van der Waals surface area contributed by atoms with Crippen molar-refractivity contribution in [1.29, 1.82) is 0 Å². The van der Waals surface area contributed by atoms with Gasteiger partial charge in [0.15, 0.2) is 0 Å². The number of nitrogens with zero attached hydrogens (tertiary/aromatic N) is 3. The molecule has 1 N–H and O–H groups in total. The van der Waals surface area contributed by atoms with Crippen molar-refractivity contribution in [2.24, 2.45) is 0 Å². The van der Waals surface area contributed by atoms with Gasteiger partial charge in [0.05, 0.1) is 11.9 Å². The number of benzene rings is 1. The largest absolute Gasteiger partial charge is 0.385 e. The van der Waals surface area contributed by atoms with Crippen molar-refractivity contribution in [2.75, 3.05) is 12.4 Å². The van der Waals surface area contributed by atoms with Crippen molar-refractivity contribution in [1.82, 2.24) is 15.4 Å². The highest BCUT2D eigenvalue weighted by Gasteiger charge is 2.04. The number of rotatable bonds is 2. The molecule has 0 aliphatic rings. The third-order valence-corrected chi connectivity index (χ3v) is 1.95. The summed E-state index contributed by atoms with van der Waals surface area (Å²) >= 11 is 0. The highest BCUT2D eigenvalue weighted by molar-refractivity contribution is 5.72. The van der Waals surface area contributed by atoms with Gasteiger partial charge in [0.25, 0.3) is 0 Å². The first kappa shape index (κ1) is 8.62. The molecule has 0 radical (unpaired) electrons. The first-order valence-electron chi connectivity index (χ1n) is 4.33. The van der Waals surface area contributed by atoms with Gasteiger partial charge in [0.1, 0.15) is 5.69 Å². The summed E-state index contributed by atoms with van der Waals surface area (Å²) in [7, 11) is 1.84. The van der Waals surface area contributed by atoms with Gasteiger partial charge in [0.2, 0.25) is 0 Å². The van der Waals surface area contributed by atoms with Crippen LogP contribution >= 0.6 is 0 Å². The standard InChI is InChI=1S/C10H10N4/c1-11-9-7-12-14-13-10(9)8-5-3-2-4-6-8/h2-7H,1H3,(H,11,14). The number of nitrogens with one attached hydrogen (secondary N) is 1. The molecule has 1 aromatic carbocycles. The first-order valence-corrected chi connectivity index (χ1v) is 4.33. The van der Waals surface area contributed by atoms with E-state index in [2.05, 4.69) is 20.7 Å². The van der Waals surface area contributed by atoms with Crippen LogP contribution in [0.4, 0.5) is 5.69 Å². The molecule has 0 bridgehead atoms. The molecule has 0 aliphatic carbocycles. The maximum Gasteiger partial charge on any atom is 0.119 e. The molecule has 2 aromatic rings. The second-order valence-corrected chi connectivity index (χ2v) is 2.81. The van der Waals surface area contributed by atoms with Gasteiger partial charge in [-0.25, -0.2) is 0 Å². The van der Waals surface area contributed by atoms with Gasteiger partial charge in [-0.05, 0) is 5.21 Å². The average Bonchev–Trinajstić information content (AvgIpc) is 2.30. The minimum absolute atomic E-state index is 0.822. The van der Waals surface area contributed by atoms with Gasteiger partial charge >= 0.3 is 0 Å². The van der Waals surface area contributed by atoms with Crippen LogP contribution in [0.1, 0.15) is 0 Å². The molecule has 1 heterocycles. The van der Waals surface area contributed by atoms with E-state index < -0.39 is 0 Å². The van der Waals surface area contributed by atoms with Crippen molar-refractivity contribution >= 4 is 5.69 Å². The van der Waals surface area contributed by atoms with Crippen molar-refractivity contribution in [3.63, 3.8) is 0 Å². The fraction of sp³-hybridized carbons (Fsp3) is 0.100. The summed E-state index contributed by atoms with van der Waals surface area (Å²) in [6.07, 6.45) is 1.66. The Labute approximate surface area is 82.0 Å². The molecule has 0 saturated heterocycles. The number of anilines is 1. The SMILES string of the molecule is CNc1cnnnc1-c1ccccc1. The van der Waals surface area contributed by atoms with E-state index in [0.717, 1.165) is 16.9 Å². The van der Waals surface area contributed by atoms with Crippen molar-refractivity contribution in [3.05, 3.63) is 36.5 Å². The molecule has 0 unspecified atom stereocenters. The smallest absolute Gasteiger partial charge is 0.119 e. The zero-order valence-electron chi connectivity index (χ0n) is 7.81. The lowest BCUT2D eigenvalue weighted by Crippen LogP contribution is -1.98. The molecule has 4 heteroatoms. The second kappa shape index (κ2) is 3.83. The maximum atomic E-state index is 4.00. The molecular formula is C10H10N4. The van der Waals surface area contributed by atoms with Gasteiger partial charge in [-0.1, -0.05) is 30.3 Å². The zero-order valence-corrected chi connectivity index (χ0v) is 7.81. The Hall–Kier alpha value is -1.97. The maximum absolute atomic E-state index is 4.00. The summed E-state index contributed by atoms with van der Waals surface area (Å²) < 4.78 is 0. The molecule has 0 amide bonds. The Morgan fingerprint density at radius 1 is 1.14 bits per heavy atom. The third kappa shape index (κ3) is 1.54. The molecule has 0 atom stereocenters. The van der Waals surface area contributed by atoms with Crippen LogP contribution in [0.5, 0.6) is 0 Å². The van der Waals surface area contributed by atoms with E-state index in [4.69, 9.17) is 0 Å². The molecule has 0 saturated carbocycles. The number of hydrogen-bond donors (Lipinski definition) is 1.